The lowest BCUT2D eigenvalue weighted by atomic mass is 9.78. The Morgan fingerprint density at radius 1 is 1.03 bits per heavy atom. The van der Waals surface area contributed by atoms with Crippen molar-refractivity contribution in [3.05, 3.63) is 56.0 Å². The minimum absolute atomic E-state index is 0.105. The van der Waals surface area contributed by atoms with Crippen molar-refractivity contribution in [1.29, 1.82) is 0 Å². The summed E-state index contributed by atoms with van der Waals surface area (Å²) in [6.07, 6.45) is 2.52. The number of imidazole rings is 1. The zero-order valence-corrected chi connectivity index (χ0v) is 22.6. The van der Waals surface area contributed by atoms with E-state index in [4.69, 9.17) is 4.74 Å². The van der Waals surface area contributed by atoms with Gasteiger partial charge in [-0.2, -0.15) is 0 Å². The summed E-state index contributed by atoms with van der Waals surface area (Å²) in [6, 6.07) is 3.93. The Morgan fingerprint density at radius 3 is 2.17 bits per heavy atom. The molecule has 0 radical (unpaired) electrons. The molecule has 9 heteroatoms. The molecular weight excluding hydrogens is 460 g/mol. The summed E-state index contributed by atoms with van der Waals surface area (Å²) in [5.41, 5.74) is 2.04. The molecular formula is C27H38N4O5. The van der Waals surface area contributed by atoms with Crippen LogP contribution < -0.4 is 11.2 Å². The average molecular weight is 499 g/mol. The molecule has 0 aliphatic carbocycles. The lowest BCUT2D eigenvalue weighted by molar-refractivity contribution is -0.143. The molecule has 9 nitrogen and oxygen atoms in total. The van der Waals surface area contributed by atoms with Crippen LogP contribution in [0.25, 0.3) is 11.2 Å². The fourth-order valence-corrected chi connectivity index (χ4v) is 4.30. The van der Waals surface area contributed by atoms with Crippen LogP contribution in [-0.4, -0.2) is 36.4 Å². The van der Waals surface area contributed by atoms with Crippen molar-refractivity contribution in [1.82, 2.24) is 18.7 Å². The zero-order valence-electron chi connectivity index (χ0n) is 22.6. The topological polar surface area (TPSA) is 108 Å². The van der Waals surface area contributed by atoms with E-state index < -0.39 is 11.2 Å². The molecule has 2 heterocycles. The van der Waals surface area contributed by atoms with Crippen LogP contribution in [0.5, 0.6) is 5.75 Å². The Hall–Kier alpha value is -3.36. The number of hydrogen-bond acceptors (Lipinski definition) is 6. The molecule has 0 aliphatic heterocycles. The lowest BCUT2D eigenvalue weighted by Gasteiger charge is -2.28. The number of benzene rings is 1. The van der Waals surface area contributed by atoms with E-state index in [1.54, 1.807) is 18.7 Å². The number of esters is 1. The van der Waals surface area contributed by atoms with Crippen molar-refractivity contribution in [2.45, 2.75) is 78.2 Å². The minimum Gasteiger partial charge on any atom is -0.507 e. The summed E-state index contributed by atoms with van der Waals surface area (Å²) in [7, 11) is 3.28. The molecule has 3 rings (SSSR count). The molecule has 36 heavy (non-hydrogen) atoms. The predicted molar refractivity (Wildman–Crippen MR) is 140 cm³/mol. The van der Waals surface area contributed by atoms with E-state index in [9.17, 15) is 19.5 Å². The number of phenols is 1. The number of ether oxygens (including phenoxy) is 1. The molecule has 0 bridgehead atoms. The number of aromatic nitrogens is 4. The number of aryl methyl sites for hydroxylation is 3. The van der Waals surface area contributed by atoms with Crippen LogP contribution in [0.2, 0.25) is 0 Å². The third-order valence-electron chi connectivity index (χ3n) is 6.39. The fraction of sp³-hybridized carbons (Fsp3) is 0.556. The maximum Gasteiger partial charge on any atom is 0.332 e. The maximum atomic E-state index is 12.8. The van der Waals surface area contributed by atoms with Gasteiger partial charge in [0.2, 0.25) is 0 Å². The monoisotopic (exact) mass is 498 g/mol. The predicted octanol–water partition coefficient (Wildman–Crippen LogP) is 3.30. The number of carbonyl (C=O) groups is 1. The standard InChI is InChI=1S/C27H38N4O5/c1-26(2,3)18-14-17(15-19(22(18)33)27(4,5)6)10-11-20(32)36-13-9-12-31-24(34)21-23(28-16-29(21)7)30(8)25(31)35/h14-16,33H,9-13H2,1-8H3. The van der Waals surface area contributed by atoms with Crippen LogP contribution in [0.3, 0.4) is 0 Å². The van der Waals surface area contributed by atoms with Crippen LogP contribution in [0.1, 0.15) is 71.1 Å². The van der Waals surface area contributed by atoms with Gasteiger partial charge in [0.15, 0.2) is 11.2 Å². The van der Waals surface area contributed by atoms with Crippen molar-refractivity contribution in [2.24, 2.45) is 14.1 Å². The maximum absolute atomic E-state index is 12.8. The molecule has 0 amide bonds. The van der Waals surface area contributed by atoms with E-state index in [0.717, 1.165) is 21.3 Å². The Bertz CT molecular complexity index is 1360. The van der Waals surface area contributed by atoms with E-state index >= 15 is 0 Å². The van der Waals surface area contributed by atoms with E-state index in [1.807, 2.05) is 12.1 Å². The summed E-state index contributed by atoms with van der Waals surface area (Å²) < 4.78 is 9.47. The average Bonchev–Trinajstić information content (AvgIpc) is 3.16. The van der Waals surface area contributed by atoms with E-state index in [2.05, 4.69) is 46.5 Å². The fourth-order valence-electron chi connectivity index (χ4n) is 4.30. The number of aromatic hydroxyl groups is 1. The number of phenolic OH excluding ortho intramolecular Hbond substituents is 1. The van der Waals surface area contributed by atoms with Crippen molar-refractivity contribution >= 4 is 17.1 Å². The van der Waals surface area contributed by atoms with Gasteiger partial charge in [-0.1, -0.05) is 53.7 Å². The van der Waals surface area contributed by atoms with Crippen LogP contribution >= 0.6 is 0 Å². The quantitative estimate of drug-likeness (QED) is 0.396. The molecule has 2 aromatic heterocycles. The molecule has 1 aromatic carbocycles. The molecule has 0 spiro atoms. The first-order valence-corrected chi connectivity index (χ1v) is 12.3. The van der Waals surface area contributed by atoms with Gasteiger partial charge in [-0.3, -0.25) is 18.7 Å². The minimum atomic E-state index is -0.450. The van der Waals surface area contributed by atoms with Crippen molar-refractivity contribution in [3.8, 4) is 5.75 Å². The van der Waals surface area contributed by atoms with Gasteiger partial charge in [-0.15, -0.1) is 0 Å². The van der Waals surface area contributed by atoms with Gasteiger partial charge in [0.05, 0.1) is 12.9 Å². The Morgan fingerprint density at radius 2 is 1.61 bits per heavy atom. The molecule has 0 fully saturated rings. The first-order valence-electron chi connectivity index (χ1n) is 12.3. The molecule has 0 saturated heterocycles. The molecule has 196 valence electrons. The highest BCUT2D eigenvalue weighted by Crippen LogP contribution is 2.40. The second-order valence-corrected chi connectivity index (χ2v) is 11.4. The second-order valence-electron chi connectivity index (χ2n) is 11.4. The summed E-state index contributed by atoms with van der Waals surface area (Å²) in [6.45, 7) is 12.6. The van der Waals surface area contributed by atoms with Crippen molar-refractivity contribution in [2.75, 3.05) is 6.61 Å². The van der Waals surface area contributed by atoms with Crippen molar-refractivity contribution in [3.63, 3.8) is 0 Å². The molecule has 0 unspecified atom stereocenters. The Labute approximate surface area is 211 Å². The van der Waals surface area contributed by atoms with E-state index in [-0.39, 0.29) is 36.4 Å². The summed E-state index contributed by atoms with van der Waals surface area (Å²) in [5, 5.41) is 10.9. The number of carbonyl (C=O) groups excluding carboxylic acids is 1. The highest BCUT2D eigenvalue weighted by molar-refractivity contribution is 5.70. The molecule has 3 aromatic rings. The molecule has 0 saturated carbocycles. The number of rotatable bonds is 7. The molecule has 0 atom stereocenters. The number of hydrogen-bond donors (Lipinski definition) is 1. The normalized spacial score (nSPS) is 12.3. The first kappa shape index (κ1) is 27.2. The molecule has 1 N–H and O–H groups in total. The van der Waals surface area contributed by atoms with E-state index in [0.29, 0.717) is 29.8 Å². The van der Waals surface area contributed by atoms with Gasteiger partial charge in [-0.25, -0.2) is 9.78 Å². The highest BCUT2D eigenvalue weighted by Gasteiger charge is 2.26. The highest BCUT2D eigenvalue weighted by atomic mass is 16.5. The lowest BCUT2D eigenvalue weighted by Crippen LogP contribution is -2.39. The molecule has 0 aliphatic rings. The van der Waals surface area contributed by atoms with Crippen LogP contribution in [0, 0.1) is 0 Å². The summed E-state index contributed by atoms with van der Waals surface area (Å²) in [5.74, 6) is -0.0351. The Kier molecular flexibility index (Phi) is 7.53. The van der Waals surface area contributed by atoms with Gasteiger partial charge in [0.1, 0.15) is 5.75 Å². The van der Waals surface area contributed by atoms with Gasteiger partial charge >= 0.3 is 11.7 Å². The SMILES string of the molecule is Cn1cnc2c1c(=O)n(CCCOC(=O)CCc1cc(C(C)(C)C)c(O)c(C(C)(C)C)c1)c(=O)n2C. The van der Waals surface area contributed by atoms with Crippen LogP contribution in [-0.2, 0) is 47.4 Å². The zero-order chi connectivity index (χ0) is 27.0. The van der Waals surface area contributed by atoms with Gasteiger partial charge in [-0.05, 0) is 40.4 Å². The summed E-state index contributed by atoms with van der Waals surface area (Å²) >= 11 is 0. The van der Waals surface area contributed by atoms with Gasteiger partial charge in [0.25, 0.3) is 5.56 Å². The van der Waals surface area contributed by atoms with Gasteiger partial charge in [0, 0.05) is 27.1 Å². The summed E-state index contributed by atoms with van der Waals surface area (Å²) in [4.78, 5) is 41.9. The third-order valence-corrected chi connectivity index (χ3v) is 6.39. The van der Waals surface area contributed by atoms with Crippen LogP contribution in [0.4, 0.5) is 0 Å². The largest absolute Gasteiger partial charge is 0.507 e. The smallest absolute Gasteiger partial charge is 0.332 e. The number of nitrogens with zero attached hydrogens (tertiary/aromatic N) is 4. The van der Waals surface area contributed by atoms with Crippen molar-refractivity contribution < 1.29 is 14.6 Å². The number of fused-ring (bicyclic) bond motifs is 1. The Balaban J connectivity index is 1.63. The van der Waals surface area contributed by atoms with Gasteiger partial charge < -0.3 is 14.4 Å². The van der Waals surface area contributed by atoms with E-state index in [1.165, 1.54) is 10.9 Å². The first-order chi connectivity index (χ1) is 16.6. The van der Waals surface area contributed by atoms with Crippen LogP contribution in [0.15, 0.2) is 28.0 Å². The second kappa shape index (κ2) is 9.95. The third kappa shape index (κ3) is 5.55.